The lowest BCUT2D eigenvalue weighted by Crippen LogP contribution is -2.28. The molecule has 0 spiro atoms. The van der Waals surface area contributed by atoms with Gasteiger partial charge in [0.1, 0.15) is 12.4 Å². The fourth-order valence-corrected chi connectivity index (χ4v) is 4.22. The Morgan fingerprint density at radius 3 is 2.67 bits per heavy atom. The predicted molar refractivity (Wildman–Crippen MR) is 82.8 cm³/mol. The summed E-state index contributed by atoms with van der Waals surface area (Å²) < 4.78 is 32.1. The Bertz CT molecular complexity index is 543. The maximum Gasteiger partial charge on any atom is 0.243 e. The van der Waals surface area contributed by atoms with Gasteiger partial charge in [-0.25, -0.2) is 8.42 Å². The van der Waals surface area contributed by atoms with Crippen LogP contribution < -0.4 is 10.5 Å². The number of hydrogen-bond donors (Lipinski definition) is 1. The Balaban J connectivity index is 2.06. The predicted octanol–water partition coefficient (Wildman–Crippen LogP) is 1.83. The summed E-state index contributed by atoms with van der Waals surface area (Å²) in [6.45, 7) is 4.26. The molecule has 118 valence electrons. The molecule has 0 saturated carbocycles. The van der Waals surface area contributed by atoms with Crippen LogP contribution in [0.1, 0.15) is 26.2 Å². The third kappa shape index (κ3) is 3.96. The van der Waals surface area contributed by atoms with Gasteiger partial charge in [-0.2, -0.15) is 4.31 Å². The third-order valence-corrected chi connectivity index (χ3v) is 5.67. The molecule has 1 aromatic rings. The summed E-state index contributed by atoms with van der Waals surface area (Å²) in [4.78, 5) is 0.333. The monoisotopic (exact) mass is 312 g/mol. The lowest BCUT2D eigenvalue weighted by Gasteiger charge is -2.17. The zero-order valence-corrected chi connectivity index (χ0v) is 13.3. The number of ether oxygens (including phenoxy) is 1. The van der Waals surface area contributed by atoms with Crippen LogP contribution in [0.25, 0.3) is 0 Å². The van der Waals surface area contributed by atoms with Crippen molar-refractivity contribution >= 4 is 10.0 Å². The minimum absolute atomic E-state index is 0.333. The van der Waals surface area contributed by atoms with Gasteiger partial charge in [0.2, 0.25) is 10.0 Å². The van der Waals surface area contributed by atoms with E-state index < -0.39 is 10.0 Å². The SMILES string of the molecule is CCCC1CCN(S(=O)(=O)c2ccc(OCCN)cc2)C1. The van der Waals surface area contributed by atoms with E-state index in [2.05, 4.69) is 6.92 Å². The van der Waals surface area contributed by atoms with Crippen LogP contribution in [0.2, 0.25) is 0 Å². The van der Waals surface area contributed by atoms with Gasteiger partial charge < -0.3 is 10.5 Å². The zero-order valence-electron chi connectivity index (χ0n) is 12.5. The van der Waals surface area contributed by atoms with Gasteiger partial charge in [0.25, 0.3) is 0 Å². The maximum absolute atomic E-state index is 12.6. The molecule has 1 aromatic carbocycles. The largest absolute Gasteiger partial charge is 0.492 e. The highest BCUT2D eigenvalue weighted by Gasteiger charge is 2.31. The van der Waals surface area contributed by atoms with Crippen molar-refractivity contribution in [3.63, 3.8) is 0 Å². The summed E-state index contributed by atoms with van der Waals surface area (Å²) in [6, 6.07) is 6.58. The highest BCUT2D eigenvalue weighted by Crippen LogP contribution is 2.27. The standard InChI is InChI=1S/C15H24N2O3S/c1-2-3-13-8-10-17(12-13)21(18,19)15-6-4-14(5-7-15)20-11-9-16/h4-7,13H,2-3,8-12,16H2,1H3. The number of nitrogens with zero attached hydrogens (tertiary/aromatic N) is 1. The Morgan fingerprint density at radius 1 is 1.33 bits per heavy atom. The molecule has 1 aliphatic rings. The van der Waals surface area contributed by atoms with Crippen LogP contribution in [-0.2, 0) is 10.0 Å². The van der Waals surface area contributed by atoms with Crippen molar-refractivity contribution in [3.8, 4) is 5.75 Å². The quantitative estimate of drug-likeness (QED) is 0.834. The van der Waals surface area contributed by atoms with Crippen molar-refractivity contribution in [1.82, 2.24) is 4.31 Å². The number of benzene rings is 1. The van der Waals surface area contributed by atoms with Crippen LogP contribution in [0.4, 0.5) is 0 Å². The molecule has 21 heavy (non-hydrogen) atoms. The van der Waals surface area contributed by atoms with E-state index in [9.17, 15) is 8.42 Å². The van der Waals surface area contributed by atoms with E-state index in [4.69, 9.17) is 10.5 Å². The first kappa shape index (κ1) is 16.3. The van der Waals surface area contributed by atoms with Gasteiger partial charge in [-0.15, -0.1) is 0 Å². The Hall–Kier alpha value is -1.11. The molecule has 5 nitrogen and oxygen atoms in total. The van der Waals surface area contributed by atoms with E-state index in [1.54, 1.807) is 28.6 Å². The summed E-state index contributed by atoms with van der Waals surface area (Å²) in [5.41, 5.74) is 5.37. The van der Waals surface area contributed by atoms with Crippen LogP contribution in [0.5, 0.6) is 5.75 Å². The van der Waals surface area contributed by atoms with Gasteiger partial charge in [-0.05, 0) is 43.0 Å². The van der Waals surface area contributed by atoms with E-state index in [0.717, 1.165) is 19.3 Å². The lowest BCUT2D eigenvalue weighted by atomic mass is 10.0. The normalized spacial score (nSPS) is 19.8. The molecule has 2 N–H and O–H groups in total. The summed E-state index contributed by atoms with van der Waals surface area (Å²) in [5.74, 6) is 1.14. The second kappa shape index (κ2) is 7.24. The fourth-order valence-electron chi connectivity index (χ4n) is 2.69. The molecule has 1 saturated heterocycles. The van der Waals surface area contributed by atoms with E-state index in [1.807, 2.05) is 0 Å². The number of rotatable bonds is 7. The number of hydrogen-bond acceptors (Lipinski definition) is 4. The van der Waals surface area contributed by atoms with Crippen LogP contribution in [0.3, 0.4) is 0 Å². The second-order valence-electron chi connectivity index (χ2n) is 5.41. The summed E-state index contributed by atoms with van der Waals surface area (Å²) >= 11 is 0. The topological polar surface area (TPSA) is 72.6 Å². The van der Waals surface area contributed by atoms with Gasteiger partial charge in [0, 0.05) is 19.6 Å². The van der Waals surface area contributed by atoms with E-state index in [1.165, 1.54) is 0 Å². The van der Waals surface area contributed by atoms with Crippen molar-refractivity contribution in [3.05, 3.63) is 24.3 Å². The summed E-state index contributed by atoms with van der Waals surface area (Å²) in [6.07, 6.45) is 3.16. The molecular formula is C15H24N2O3S. The highest BCUT2D eigenvalue weighted by molar-refractivity contribution is 7.89. The average molecular weight is 312 g/mol. The zero-order chi connectivity index (χ0) is 15.3. The first-order valence-electron chi connectivity index (χ1n) is 7.51. The minimum atomic E-state index is -3.37. The minimum Gasteiger partial charge on any atom is -0.492 e. The number of nitrogens with two attached hydrogens (primary N) is 1. The third-order valence-electron chi connectivity index (χ3n) is 3.79. The van der Waals surface area contributed by atoms with Crippen LogP contribution in [0.15, 0.2) is 29.2 Å². The summed E-state index contributed by atoms with van der Waals surface area (Å²) in [5, 5.41) is 0. The van der Waals surface area contributed by atoms with Crippen LogP contribution in [-0.4, -0.2) is 39.0 Å². The smallest absolute Gasteiger partial charge is 0.243 e. The van der Waals surface area contributed by atoms with Crippen molar-refractivity contribution < 1.29 is 13.2 Å². The molecule has 0 radical (unpaired) electrons. The maximum atomic E-state index is 12.6. The molecule has 1 unspecified atom stereocenters. The van der Waals surface area contributed by atoms with E-state index in [-0.39, 0.29) is 0 Å². The molecule has 1 atom stereocenters. The van der Waals surface area contributed by atoms with Gasteiger partial charge >= 0.3 is 0 Å². The molecule has 0 aromatic heterocycles. The molecule has 0 bridgehead atoms. The first-order valence-corrected chi connectivity index (χ1v) is 8.95. The molecular weight excluding hydrogens is 288 g/mol. The molecule has 2 rings (SSSR count). The highest BCUT2D eigenvalue weighted by atomic mass is 32.2. The fraction of sp³-hybridized carbons (Fsp3) is 0.600. The van der Waals surface area contributed by atoms with Crippen molar-refractivity contribution in [2.45, 2.75) is 31.1 Å². The molecule has 0 amide bonds. The Labute approximate surface area is 127 Å². The van der Waals surface area contributed by atoms with Gasteiger partial charge in [0.05, 0.1) is 4.90 Å². The van der Waals surface area contributed by atoms with E-state index in [0.29, 0.717) is 42.8 Å². The lowest BCUT2D eigenvalue weighted by molar-refractivity contribution is 0.328. The van der Waals surface area contributed by atoms with Crippen LogP contribution in [0, 0.1) is 5.92 Å². The first-order chi connectivity index (χ1) is 10.1. The van der Waals surface area contributed by atoms with Crippen LogP contribution >= 0.6 is 0 Å². The second-order valence-corrected chi connectivity index (χ2v) is 7.35. The molecule has 1 aliphatic heterocycles. The Kier molecular flexibility index (Phi) is 5.61. The Morgan fingerprint density at radius 2 is 2.05 bits per heavy atom. The number of sulfonamides is 1. The van der Waals surface area contributed by atoms with Gasteiger partial charge in [0.15, 0.2) is 0 Å². The van der Waals surface area contributed by atoms with Crippen molar-refractivity contribution in [2.75, 3.05) is 26.2 Å². The molecule has 1 fully saturated rings. The molecule has 1 heterocycles. The van der Waals surface area contributed by atoms with Gasteiger partial charge in [-0.3, -0.25) is 0 Å². The molecule has 6 heteroatoms. The average Bonchev–Trinajstić information content (AvgIpc) is 2.95. The van der Waals surface area contributed by atoms with Crippen molar-refractivity contribution in [1.29, 1.82) is 0 Å². The van der Waals surface area contributed by atoms with E-state index >= 15 is 0 Å². The van der Waals surface area contributed by atoms with Crippen molar-refractivity contribution in [2.24, 2.45) is 11.7 Å². The molecule has 0 aliphatic carbocycles. The van der Waals surface area contributed by atoms with Gasteiger partial charge in [-0.1, -0.05) is 13.3 Å². The summed E-state index contributed by atoms with van der Waals surface area (Å²) in [7, 11) is -3.37.